The number of nitrogens with one attached hydrogen (secondary N) is 1. The number of imidazole rings is 1. The molecule has 3 aromatic rings. The molecule has 2 N–H and O–H groups in total. The maximum atomic E-state index is 14.3. The molecule has 0 spiro atoms. The summed E-state index contributed by atoms with van der Waals surface area (Å²) in [5, 5.41) is 11.3. The number of nitrogens with zero attached hydrogens (tertiary/aromatic N) is 2. The number of fused-ring (bicyclic) bond motifs is 1. The van der Waals surface area contributed by atoms with Crippen LogP contribution >= 0.6 is 0 Å². The van der Waals surface area contributed by atoms with Gasteiger partial charge in [0.1, 0.15) is 17.2 Å². The van der Waals surface area contributed by atoms with Gasteiger partial charge in [-0.25, -0.2) is 14.2 Å². The Morgan fingerprint density at radius 3 is 2.64 bits per heavy atom. The topological polar surface area (TPSA) is 67.2 Å². The highest BCUT2D eigenvalue weighted by atomic mass is 19.1. The zero-order valence-electron chi connectivity index (χ0n) is 11.8. The van der Waals surface area contributed by atoms with Gasteiger partial charge in [0.2, 0.25) is 0 Å². The fraction of sp³-hybridized carbons (Fsp3) is 0.125. The van der Waals surface area contributed by atoms with E-state index in [9.17, 15) is 9.18 Å². The summed E-state index contributed by atoms with van der Waals surface area (Å²) in [6.07, 6.45) is -1.15. The highest BCUT2D eigenvalue weighted by Gasteiger charge is 2.21. The predicted octanol–water partition coefficient (Wildman–Crippen LogP) is 3.49. The minimum absolute atomic E-state index is 0.336. The molecule has 0 fully saturated rings. The molecule has 1 aromatic heterocycles. The molecule has 0 bridgehead atoms. The van der Waals surface area contributed by atoms with Crippen molar-refractivity contribution in [3.63, 3.8) is 0 Å². The predicted molar refractivity (Wildman–Crippen MR) is 80.6 cm³/mol. The van der Waals surface area contributed by atoms with E-state index in [-0.39, 0.29) is 0 Å². The van der Waals surface area contributed by atoms with Gasteiger partial charge < -0.3 is 10.4 Å². The highest BCUT2D eigenvalue weighted by molar-refractivity contribution is 5.79. The maximum Gasteiger partial charge on any atom is 0.405 e. The number of hydrogen-bond acceptors (Lipinski definition) is 2. The normalized spacial score (nSPS) is 12.3. The molecule has 0 aliphatic rings. The second kappa shape index (κ2) is 5.48. The van der Waals surface area contributed by atoms with Gasteiger partial charge in [-0.2, -0.15) is 0 Å². The molecule has 1 amide bonds. The van der Waals surface area contributed by atoms with Gasteiger partial charge in [0.05, 0.1) is 11.6 Å². The Morgan fingerprint density at radius 1 is 1.23 bits per heavy atom. The second-order valence-corrected chi connectivity index (χ2v) is 4.92. The first-order valence-corrected chi connectivity index (χ1v) is 6.79. The average Bonchev–Trinajstić information content (AvgIpc) is 2.88. The molecule has 112 valence electrons. The van der Waals surface area contributed by atoms with Crippen LogP contribution in [0.2, 0.25) is 0 Å². The summed E-state index contributed by atoms with van der Waals surface area (Å²) in [5.74, 6) is 0.0383. The number of halogens is 1. The summed E-state index contributed by atoms with van der Waals surface area (Å²) >= 11 is 0. The minimum atomic E-state index is -1.15. The Morgan fingerprint density at radius 2 is 1.95 bits per heavy atom. The molecule has 2 aromatic carbocycles. The summed E-state index contributed by atoms with van der Waals surface area (Å²) < 4.78 is 15.9. The number of aromatic nitrogens is 2. The van der Waals surface area contributed by atoms with Gasteiger partial charge in [-0.05, 0) is 31.2 Å². The smallest absolute Gasteiger partial charge is 0.405 e. The summed E-state index contributed by atoms with van der Waals surface area (Å²) in [5.41, 5.74) is 1.55. The number of amides is 1. The molecule has 1 atom stereocenters. The van der Waals surface area contributed by atoms with Crippen molar-refractivity contribution in [2.75, 3.05) is 0 Å². The van der Waals surface area contributed by atoms with Crippen LogP contribution in [-0.2, 0) is 0 Å². The molecule has 0 aliphatic heterocycles. The third kappa shape index (κ3) is 2.39. The van der Waals surface area contributed by atoms with E-state index in [4.69, 9.17) is 5.11 Å². The van der Waals surface area contributed by atoms with Gasteiger partial charge in [0, 0.05) is 5.69 Å². The number of hydrogen-bond donors (Lipinski definition) is 2. The van der Waals surface area contributed by atoms with Gasteiger partial charge in [-0.1, -0.05) is 24.3 Å². The first kappa shape index (κ1) is 14.1. The van der Waals surface area contributed by atoms with Crippen molar-refractivity contribution in [1.29, 1.82) is 0 Å². The van der Waals surface area contributed by atoms with Crippen LogP contribution in [0.1, 0.15) is 18.8 Å². The molecule has 0 unspecified atom stereocenters. The van der Waals surface area contributed by atoms with Crippen LogP contribution in [0.3, 0.4) is 0 Å². The molecule has 0 saturated carbocycles. The number of benzene rings is 2. The second-order valence-electron chi connectivity index (χ2n) is 4.92. The molecule has 3 rings (SSSR count). The molecular weight excluding hydrogens is 285 g/mol. The zero-order valence-corrected chi connectivity index (χ0v) is 11.8. The number of carbonyl (C=O) groups is 1. The van der Waals surface area contributed by atoms with Crippen molar-refractivity contribution in [2.45, 2.75) is 13.0 Å². The maximum absolute atomic E-state index is 14.3. The molecule has 0 aliphatic carbocycles. The largest absolute Gasteiger partial charge is 0.465 e. The molecule has 6 heteroatoms. The van der Waals surface area contributed by atoms with E-state index in [0.29, 0.717) is 16.9 Å². The molecule has 22 heavy (non-hydrogen) atoms. The molecule has 0 saturated heterocycles. The van der Waals surface area contributed by atoms with Crippen LogP contribution in [0.4, 0.5) is 9.18 Å². The first-order chi connectivity index (χ1) is 10.6. The van der Waals surface area contributed by atoms with Crippen molar-refractivity contribution in [3.05, 3.63) is 60.2 Å². The van der Waals surface area contributed by atoms with Crippen molar-refractivity contribution in [2.24, 2.45) is 0 Å². The third-order valence-corrected chi connectivity index (χ3v) is 3.39. The SMILES string of the molecule is C[C@H](NC(=O)O)c1nc2cccc(F)c2n1-c1ccccc1. The van der Waals surface area contributed by atoms with Gasteiger partial charge in [0.25, 0.3) is 0 Å². The van der Waals surface area contributed by atoms with E-state index in [1.807, 2.05) is 30.3 Å². The Hall–Kier alpha value is -2.89. The summed E-state index contributed by atoms with van der Waals surface area (Å²) in [6, 6.07) is 13.2. The monoisotopic (exact) mass is 299 g/mol. The van der Waals surface area contributed by atoms with Crippen LogP contribution in [0.5, 0.6) is 0 Å². The lowest BCUT2D eigenvalue weighted by Gasteiger charge is -2.14. The number of para-hydroxylation sites is 2. The van der Waals surface area contributed by atoms with E-state index < -0.39 is 18.0 Å². The Labute approximate surface area is 126 Å². The quantitative estimate of drug-likeness (QED) is 0.778. The van der Waals surface area contributed by atoms with Crippen molar-refractivity contribution >= 4 is 17.1 Å². The summed E-state index contributed by atoms with van der Waals surface area (Å²) in [4.78, 5) is 15.3. The minimum Gasteiger partial charge on any atom is -0.465 e. The highest BCUT2D eigenvalue weighted by Crippen LogP contribution is 2.27. The van der Waals surface area contributed by atoms with E-state index in [1.165, 1.54) is 6.07 Å². The number of carboxylic acid groups (broad SMARTS) is 1. The van der Waals surface area contributed by atoms with Crippen LogP contribution < -0.4 is 5.32 Å². The van der Waals surface area contributed by atoms with E-state index >= 15 is 0 Å². The molecule has 5 nitrogen and oxygen atoms in total. The van der Waals surface area contributed by atoms with Gasteiger partial charge >= 0.3 is 6.09 Å². The Balaban J connectivity index is 2.28. The van der Waals surface area contributed by atoms with Crippen molar-refractivity contribution in [1.82, 2.24) is 14.9 Å². The fourth-order valence-corrected chi connectivity index (χ4v) is 2.48. The summed E-state index contributed by atoms with van der Waals surface area (Å²) in [7, 11) is 0. The summed E-state index contributed by atoms with van der Waals surface area (Å²) in [6.45, 7) is 1.67. The Bertz CT molecular complexity index is 830. The fourth-order valence-electron chi connectivity index (χ4n) is 2.48. The van der Waals surface area contributed by atoms with Crippen LogP contribution in [0.25, 0.3) is 16.7 Å². The average molecular weight is 299 g/mol. The lowest BCUT2D eigenvalue weighted by atomic mass is 10.2. The standard InChI is InChI=1S/C16H14FN3O2/c1-10(18-16(21)22)15-19-13-9-5-8-12(17)14(13)20(15)11-6-3-2-4-7-11/h2-10,18H,1H3,(H,21,22)/t10-/m0/s1. The van der Waals surface area contributed by atoms with Gasteiger partial charge in [-0.15, -0.1) is 0 Å². The van der Waals surface area contributed by atoms with Crippen LogP contribution in [-0.4, -0.2) is 20.8 Å². The van der Waals surface area contributed by atoms with Gasteiger partial charge in [0.15, 0.2) is 0 Å². The van der Waals surface area contributed by atoms with E-state index in [1.54, 1.807) is 23.6 Å². The lowest BCUT2D eigenvalue weighted by Crippen LogP contribution is -2.26. The zero-order chi connectivity index (χ0) is 15.7. The molecule has 1 heterocycles. The van der Waals surface area contributed by atoms with Crippen LogP contribution in [0, 0.1) is 5.82 Å². The van der Waals surface area contributed by atoms with Crippen molar-refractivity contribution in [3.8, 4) is 5.69 Å². The lowest BCUT2D eigenvalue weighted by molar-refractivity contribution is 0.190. The first-order valence-electron chi connectivity index (χ1n) is 6.79. The molecular formula is C16H14FN3O2. The number of rotatable bonds is 3. The van der Waals surface area contributed by atoms with Crippen molar-refractivity contribution < 1.29 is 14.3 Å². The van der Waals surface area contributed by atoms with E-state index in [0.717, 1.165) is 5.69 Å². The third-order valence-electron chi connectivity index (χ3n) is 3.39. The van der Waals surface area contributed by atoms with Gasteiger partial charge in [-0.3, -0.25) is 4.57 Å². The Kier molecular flexibility index (Phi) is 3.50. The molecule has 0 radical (unpaired) electrons. The van der Waals surface area contributed by atoms with E-state index in [2.05, 4.69) is 10.3 Å². The van der Waals surface area contributed by atoms with Crippen LogP contribution in [0.15, 0.2) is 48.5 Å².